The summed E-state index contributed by atoms with van der Waals surface area (Å²) in [7, 11) is 0. The monoisotopic (exact) mass is 245 g/mol. The Morgan fingerprint density at radius 2 is 2.06 bits per heavy atom. The molecular weight excluding hydrogens is 230 g/mol. The lowest BCUT2D eigenvalue weighted by Crippen LogP contribution is -2.16. The number of nitrogens with one attached hydrogen (secondary N) is 1. The molecule has 1 aromatic carbocycles. The van der Waals surface area contributed by atoms with Gasteiger partial charge in [-0.3, -0.25) is 9.59 Å². The van der Waals surface area contributed by atoms with Crippen LogP contribution >= 0.6 is 0 Å². The van der Waals surface area contributed by atoms with Crippen molar-refractivity contribution >= 4 is 16.9 Å². The number of aryl methyl sites for hydroxylation is 2. The fourth-order valence-corrected chi connectivity index (χ4v) is 2.14. The third-order valence-electron chi connectivity index (χ3n) is 3.14. The first kappa shape index (κ1) is 12.4. The Labute approximate surface area is 104 Å². The molecule has 0 amide bonds. The molecule has 0 saturated heterocycles. The highest BCUT2D eigenvalue weighted by Gasteiger charge is 2.10. The van der Waals surface area contributed by atoms with Crippen LogP contribution in [0.3, 0.4) is 0 Å². The van der Waals surface area contributed by atoms with Gasteiger partial charge in [0.25, 0.3) is 5.56 Å². The van der Waals surface area contributed by atoms with Gasteiger partial charge in [-0.2, -0.15) is 0 Å². The zero-order valence-corrected chi connectivity index (χ0v) is 10.4. The molecular formula is C14H15NO3. The number of hydrogen-bond donors (Lipinski definition) is 2. The van der Waals surface area contributed by atoms with Gasteiger partial charge in [-0.15, -0.1) is 0 Å². The SMILES string of the molecule is Cc1ccc2[nH]c(=O)c(CCC(=O)O)c(C)c2c1. The van der Waals surface area contributed by atoms with E-state index in [2.05, 4.69) is 4.98 Å². The van der Waals surface area contributed by atoms with Crippen LogP contribution in [0.25, 0.3) is 10.9 Å². The number of carboxylic acid groups (broad SMARTS) is 1. The largest absolute Gasteiger partial charge is 0.481 e. The number of benzene rings is 1. The second kappa shape index (κ2) is 4.64. The number of hydrogen-bond acceptors (Lipinski definition) is 2. The predicted molar refractivity (Wildman–Crippen MR) is 70.0 cm³/mol. The van der Waals surface area contributed by atoms with Gasteiger partial charge in [0.15, 0.2) is 0 Å². The van der Waals surface area contributed by atoms with Crippen LogP contribution in [0.1, 0.15) is 23.1 Å². The predicted octanol–water partition coefficient (Wildman–Crippen LogP) is 2.16. The fourth-order valence-electron chi connectivity index (χ4n) is 2.14. The van der Waals surface area contributed by atoms with Gasteiger partial charge in [-0.05, 0) is 38.0 Å². The van der Waals surface area contributed by atoms with E-state index in [0.29, 0.717) is 5.56 Å². The zero-order chi connectivity index (χ0) is 13.3. The third-order valence-corrected chi connectivity index (χ3v) is 3.14. The third kappa shape index (κ3) is 2.27. The highest BCUT2D eigenvalue weighted by molar-refractivity contribution is 5.83. The molecule has 4 nitrogen and oxygen atoms in total. The van der Waals surface area contributed by atoms with E-state index < -0.39 is 5.97 Å². The summed E-state index contributed by atoms with van der Waals surface area (Å²) in [5.41, 5.74) is 3.16. The lowest BCUT2D eigenvalue weighted by molar-refractivity contribution is -0.136. The Bertz CT molecular complexity index is 671. The smallest absolute Gasteiger partial charge is 0.303 e. The minimum absolute atomic E-state index is 0.0265. The minimum Gasteiger partial charge on any atom is -0.481 e. The number of carboxylic acids is 1. The van der Waals surface area contributed by atoms with E-state index in [0.717, 1.165) is 22.0 Å². The van der Waals surface area contributed by atoms with Crippen molar-refractivity contribution in [2.45, 2.75) is 26.7 Å². The van der Waals surface area contributed by atoms with Crippen molar-refractivity contribution in [2.24, 2.45) is 0 Å². The molecule has 0 bridgehead atoms. The number of aliphatic carboxylic acids is 1. The average Bonchev–Trinajstić information content (AvgIpc) is 2.30. The Hall–Kier alpha value is -2.10. The van der Waals surface area contributed by atoms with Crippen molar-refractivity contribution in [3.05, 3.63) is 45.2 Å². The second-order valence-electron chi connectivity index (χ2n) is 4.50. The number of fused-ring (bicyclic) bond motifs is 1. The van der Waals surface area contributed by atoms with Crippen LogP contribution in [0.15, 0.2) is 23.0 Å². The van der Waals surface area contributed by atoms with Gasteiger partial charge in [0.05, 0.1) is 0 Å². The van der Waals surface area contributed by atoms with E-state index in [-0.39, 0.29) is 18.4 Å². The number of rotatable bonds is 3. The van der Waals surface area contributed by atoms with Crippen LogP contribution in [-0.2, 0) is 11.2 Å². The van der Waals surface area contributed by atoms with Gasteiger partial charge in [-0.25, -0.2) is 0 Å². The molecule has 0 radical (unpaired) electrons. The van der Waals surface area contributed by atoms with Crippen molar-refractivity contribution < 1.29 is 9.90 Å². The lowest BCUT2D eigenvalue weighted by Gasteiger charge is -2.08. The Kier molecular flexibility index (Phi) is 3.19. The highest BCUT2D eigenvalue weighted by atomic mass is 16.4. The molecule has 0 atom stereocenters. The van der Waals surface area contributed by atoms with Crippen LogP contribution < -0.4 is 5.56 Å². The molecule has 0 aliphatic heterocycles. The van der Waals surface area contributed by atoms with Crippen LogP contribution in [0.2, 0.25) is 0 Å². The summed E-state index contributed by atoms with van der Waals surface area (Å²) in [5.74, 6) is -0.891. The van der Waals surface area contributed by atoms with E-state index >= 15 is 0 Å². The average molecular weight is 245 g/mol. The van der Waals surface area contributed by atoms with Crippen molar-refractivity contribution in [1.82, 2.24) is 4.98 Å². The van der Waals surface area contributed by atoms with E-state index in [1.165, 1.54) is 0 Å². The summed E-state index contributed by atoms with van der Waals surface area (Å²) in [5, 5.41) is 9.68. The Morgan fingerprint density at radius 1 is 1.33 bits per heavy atom. The first-order valence-corrected chi connectivity index (χ1v) is 5.83. The summed E-state index contributed by atoms with van der Waals surface area (Å²) in [6, 6.07) is 5.82. The molecule has 4 heteroatoms. The molecule has 0 fully saturated rings. The second-order valence-corrected chi connectivity index (χ2v) is 4.50. The summed E-state index contributed by atoms with van der Waals surface area (Å²) < 4.78 is 0. The summed E-state index contributed by atoms with van der Waals surface area (Å²) >= 11 is 0. The number of H-pyrrole nitrogens is 1. The van der Waals surface area contributed by atoms with Crippen molar-refractivity contribution in [3.8, 4) is 0 Å². The van der Waals surface area contributed by atoms with E-state index in [1.54, 1.807) is 0 Å². The minimum atomic E-state index is -0.891. The molecule has 0 aliphatic rings. The lowest BCUT2D eigenvalue weighted by atomic mass is 10.00. The number of aromatic amines is 1. The van der Waals surface area contributed by atoms with E-state index in [9.17, 15) is 9.59 Å². The zero-order valence-electron chi connectivity index (χ0n) is 10.4. The molecule has 2 rings (SSSR count). The number of pyridine rings is 1. The first-order valence-electron chi connectivity index (χ1n) is 5.83. The van der Waals surface area contributed by atoms with Crippen molar-refractivity contribution in [3.63, 3.8) is 0 Å². The van der Waals surface area contributed by atoms with Crippen LogP contribution in [0.5, 0.6) is 0 Å². The normalized spacial score (nSPS) is 10.8. The summed E-state index contributed by atoms with van der Waals surface area (Å²) in [6.45, 7) is 3.86. The Morgan fingerprint density at radius 3 is 2.72 bits per heavy atom. The maximum absolute atomic E-state index is 11.9. The van der Waals surface area contributed by atoms with E-state index in [1.807, 2.05) is 32.0 Å². The fraction of sp³-hybridized carbons (Fsp3) is 0.286. The molecule has 0 saturated carbocycles. The van der Waals surface area contributed by atoms with Gasteiger partial charge in [0, 0.05) is 22.9 Å². The topological polar surface area (TPSA) is 70.2 Å². The van der Waals surface area contributed by atoms with Gasteiger partial charge in [0.2, 0.25) is 0 Å². The molecule has 1 heterocycles. The molecule has 0 spiro atoms. The molecule has 1 aromatic heterocycles. The molecule has 18 heavy (non-hydrogen) atoms. The molecule has 94 valence electrons. The van der Waals surface area contributed by atoms with Crippen molar-refractivity contribution in [1.29, 1.82) is 0 Å². The summed E-state index contributed by atoms with van der Waals surface area (Å²) in [6.07, 6.45) is 0.238. The number of aromatic nitrogens is 1. The number of carbonyl (C=O) groups is 1. The molecule has 2 aromatic rings. The molecule has 0 unspecified atom stereocenters. The van der Waals surface area contributed by atoms with Crippen molar-refractivity contribution in [2.75, 3.05) is 0 Å². The quantitative estimate of drug-likeness (QED) is 0.870. The highest BCUT2D eigenvalue weighted by Crippen LogP contribution is 2.19. The van der Waals surface area contributed by atoms with Gasteiger partial charge in [-0.1, -0.05) is 11.6 Å². The maximum Gasteiger partial charge on any atom is 0.303 e. The van der Waals surface area contributed by atoms with Gasteiger partial charge in [0.1, 0.15) is 0 Å². The molecule has 2 N–H and O–H groups in total. The first-order chi connectivity index (χ1) is 8.49. The Balaban J connectivity index is 2.59. The molecule has 0 aliphatic carbocycles. The van der Waals surface area contributed by atoms with Crippen LogP contribution in [0.4, 0.5) is 0 Å². The van der Waals surface area contributed by atoms with Crippen LogP contribution in [-0.4, -0.2) is 16.1 Å². The summed E-state index contributed by atoms with van der Waals surface area (Å²) in [4.78, 5) is 25.3. The van der Waals surface area contributed by atoms with Gasteiger partial charge >= 0.3 is 5.97 Å². The maximum atomic E-state index is 11.9. The van der Waals surface area contributed by atoms with Crippen LogP contribution in [0, 0.1) is 13.8 Å². The standard InChI is InChI=1S/C14H15NO3/c1-8-3-5-12-11(7-8)9(2)10(14(18)15-12)4-6-13(16)17/h3,5,7H,4,6H2,1-2H3,(H,15,18)(H,16,17). The van der Waals surface area contributed by atoms with Gasteiger partial charge < -0.3 is 10.1 Å². The van der Waals surface area contributed by atoms with E-state index in [4.69, 9.17) is 5.11 Å².